The largest absolute Gasteiger partial charge is 0.491 e. The molecule has 11 nitrogen and oxygen atoms in total. The quantitative estimate of drug-likeness (QED) is 0.0821. The first kappa shape index (κ1) is 48.0. The lowest BCUT2D eigenvalue weighted by atomic mass is 9.95. The van der Waals surface area contributed by atoms with E-state index in [1.165, 1.54) is 12.1 Å². The maximum Gasteiger partial charge on any atom is 0.193 e. The van der Waals surface area contributed by atoms with Crippen LogP contribution in [0.1, 0.15) is 37.6 Å². The summed E-state index contributed by atoms with van der Waals surface area (Å²) in [5, 5.41) is 1.16. The number of aromatic nitrogens is 2. The van der Waals surface area contributed by atoms with Gasteiger partial charge in [0.15, 0.2) is 10.9 Å². The lowest BCUT2D eigenvalue weighted by molar-refractivity contribution is 0.0968. The molecule has 0 aliphatic carbocycles. The van der Waals surface area contributed by atoms with Crippen molar-refractivity contribution in [3.05, 3.63) is 190 Å². The topological polar surface area (TPSA) is 149 Å². The third kappa shape index (κ3) is 13.8. The summed E-state index contributed by atoms with van der Waals surface area (Å²) < 4.78 is 43.7. The van der Waals surface area contributed by atoms with E-state index in [1.807, 2.05) is 122 Å². The Morgan fingerprint density at radius 1 is 0.547 bits per heavy atom. The number of alkyl halides is 1. The molecule has 0 spiro atoms. The van der Waals surface area contributed by atoms with E-state index in [1.54, 1.807) is 24.3 Å². The molecule has 4 aromatic carbocycles. The minimum atomic E-state index is -0.0549. The van der Waals surface area contributed by atoms with Gasteiger partial charge in [-0.25, -0.2) is 0 Å². The van der Waals surface area contributed by atoms with Gasteiger partial charge in [0.1, 0.15) is 47.4 Å². The number of nitrogens with zero attached hydrogens (tertiary/aromatic N) is 2. The molecule has 332 valence electrons. The van der Waals surface area contributed by atoms with Crippen LogP contribution in [0.15, 0.2) is 176 Å². The second kappa shape index (κ2) is 25.8. The highest BCUT2D eigenvalue weighted by molar-refractivity contribution is 5.79. The molecule has 0 amide bonds. The van der Waals surface area contributed by atoms with Crippen molar-refractivity contribution < 1.29 is 32.2 Å². The minimum Gasteiger partial charge on any atom is -0.491 e. The van der Waals surface area contributed by atoms with Crippen LogP contribution in [0.5, 0.6) is 11.5 Å². The van der Waals surface area contributed by atoms with E-state index >= 15 is 0 Å². The number of para-hydroxylation sites is 2. The molecule has 8 rings (SSSR count). The summed E-state index contributed by atoms with van der Waals surface area (Å²) in [4.78, 5) is 33.6. The molecule has 64 heavy (non-hydrogen) atoms. The van der Waals surface area contributed by atoms with Gasteiger partial charge in [-0.05, 0) is 110 Å². The van der Waals surface area contributed by atoms with Crippen LogP contribution in [-0.2, 0) is 9.47 Å². The summed E-state index contributed by atoms with van der Waals surface area (Å²) in [6, 6.07) is 44.4. The van der Waals surface area contributed by atoms with E-state index in [0.29, 0.717) is 86.8 Å². The van der Waals surface area contributed by atoms with Gasteiger partial charge in [-0.1, -0.05) is 43.8 Å². The Labute approximate surface area is 372 Å². The maximum atomic E-state index is 12.4. The molecular weight excluding hydrogens is 814 g/mol. The van der Waals surface area contributed by atoms with Gasteiger partial charge in [0.05, 0.1) is 37.8 Å². The highest BCUT2D eigenvalue weighted by atomic mass is 19.1. The fourth-order valence-corrected chi connectivity index (χ4v) is 6.65. The molecule has 0 atom stereocenters. The average molecular weight is 868 g/mol. The molecule has 0 fully saturated rings. The van der Waals surface area contributed by atoms with Crippen molar-refractivity contribution in [3.8, 4) is 34.1 Å². The minimum absolute atomic E-state index is 0. The van der Waals surface area contributed by atoms with Crippen molar-refractivity contribution in [1.29, 1.82) is 0 Å². The summed E-state index contributed by atoms with van der Waals surface area (Å²) in [7, 11) is 0.500. The zero-order valence-corrected chi connectivity index (χ0v) is 35.1. The average Bonchev–Trinajstić information content (AvgIpc) is 3.34. The van der Waals surface area contributed by atoms with Crippen LogP contribution in [0.2, 0.25) is 0 Å². The predicted molar refractivity (Wildman–Crippen MR) is 251 cm³/mol. The predicted octanol–water partition coefficient (Wildman–Crippen LogP) is 10.3. The molecule has 2 N–H and O–H groups in total. The molecule has 4 heterocycles. The smallest absolute Gasteiger partial charge is 0.193 e. The van der Waals surface area contributed by atoms with E-state index in [-0.39, 0.29) is 24.2 Å². The van der Waals surface area contributed by atoms with Gasteiger partial charge in [0, 0.05) is 66.1 Å². The van der Waals surface area contributed by atoms with Crippen LogP contribution in [0.4, 0.5) is 4.39 Å². The van der Waals surface area contributed by atoms with Gasteiger partial charge >= 0.3 is 0 Å². The summed E-state index contributed by atoms with van der Waals surface area (Å²) >= 11 is 0. The van der Waals surface area contributed by atoms with Crippen LogP contribution in [0, 0.1) is 0 Å². The third-order valence-corrected chi connectivity index (χ3v) is 9.67. The molecule has 0 unspecified atom stereocenters. The zero-order chi connectivity index (χ0) is 44.1. The van der Waals surface area contributed by atoms with Crippen molar-refractivity contribution in [1.82, 2.24) is 9.97 Å². The normalized spacial score (nSPS) is 10.6. The highest BCUT2D eigenvalue weighted by Crippen LogP contribution is 2.28. The van der Waals surface area contributed by atoms with Gasteiger partial charge in [0.25, 0.3) is 0 Å². The van der Waals surface area contributed by atoms with Crippen molar-refractivity contribution in [2.75, 3.05) is 53.4 Å². The molecule has 0 bridgehead atoms. The van der Waals surface area contributed by atoms with Gasteiger partial charge in [-0.15, -0.1) is 0 Å². The van der Waals surface area contributed by atoms with E-state index in [2.05, 4.69) is 9.97 Å². The number of fused-ring (bicyclic) bond motifs is 2. The monoisotopic (exact) mass is 867 g/mol. The van der Waals surface area contributed by atoms with Crippen molar-refractivity contribution in [2.45, 2.75) is 26.2 Å². The zero-order valence-electron chi connectivity index (χ0n) is 35.1. The third-order valence-electron chi connectivity index (χ3n) is 9.67. The fraction of sp³-hybridized carbons (Fsp3) is 0.231. The second-order valence-electron chi connectivity index (χ2n) is 13.9. The van der Waals surface area contributed by atoms with E-state index < -0.39 is 0 Å². The van der Waals surface area contributed by atoms with E-state index in [4.69, 9.17) is 33.5 Å². The van der Waals surface area contributed by atoms with Gasteiger partial charge < -0.3 is 33.5 Å². The number of benzene rings is 4. The van der Waals surface area contributed by atoms with Crippen LogP contribution < -0.4 is 26.1 Å². The summed E-state index contributed by atoms with van der Waals surface area (Å²) in [5.74, 6) is 2.69. The summed E-state index contributed by atoms with van der Waals surface area (Å²) in [6.45, 7) is 3.59. The molecule has 0 saturated heterocycles. The van der Waals surface area contributed by atoms with Crippen molar-refractivity contribution >= 4 is 21.9 Å². The number of nitrogens with two attached hydrogens (primary N) is 1. The van der Waals surface area contributed by atoms with Crippen LogP contribution in [0.3, 0.4) is 0 Å². The van der Waals surface area contributed by atoms with Crippen molar-refractivity contribution in [2.24, 2.45) is 5.73 Å². The van der Waals surface area contributed by atoms with Crippen molar-refractivity contribution in [3.63, 3.8) is 0 Å². The number of hydrogen-bond acceptors (Lipinski definition) is 11. The Kier molecular flexibility index (Phi) is 19.4. The number of rotatable bonds is 18. The van der Waals surface area contributed by atoms with Crippen LogP contribution in [0.25, 0.3) is 44.6 Å². The summed E-state index contributed by atoms with van der Waals surface area (Å²) in [6.07, 6.45) is 5.44. The molecule has 0 aliphatic heterocycles. The maximum absolute atomic E-state index is 12.4. The molecule has 0 radical (unpaired) electrons. The highest BCUT2D eigenvalue weighted by Gasteiger charge is 2.16. The first-order chi connectivity index (χ1) is 31.1. The molecule has 4 aromatic heterocycles. The standard InChI is InChI=1S/C31H28N2O4.C19H19NO4.CH3F.CH4/c34-29-22-31(37-30-12-2-1-8-26(29)30)23-13-15-24(16-14-23)36-21-20-35-19-7-9-25(27-10-3-5-17-32-27)28-11-4-6-18-33-28;20-9-10-22-11-12-23-15-7-5-14(6-8-15)19-13-17(21)16-3-1-2-4-18(16)24-19;1-2;/h1-6,8,10-18,22,25H,7,9,19-21H2;1-8,13H,9-12,20H2;1H3;1H4. The second-order valence-corrected chi connectivity index (χ2v) is 13.9. The Balaban J connectivity index is 0.000000248. The van der Waals surface area contributed by atoms with Crippen LogP contribution >= 0.6 is 0 Å². The fourth-order valence-electron chi connectivity index (χ4n) is 6.65. The van der Waals surface area contributed by atoms with Gasteiger partial charge in [0.2, 0.25) is 0 Å². The van der Waals surface area contributed by atoms with E-state index in [9.17, 15) is 14.0 Å². The van der Waals surface area contributed by atoms with E-state index in [0.717, 1.165) is 46.9 Å². The SMILES string of the molecule is C.CF.NCCOCCOc1ccc(-c2cc(=O)c3ccccc3o2)cc1.O=c1cc(-c2ccc(OCCOCCCC(c3ccccn3)c3ccccn3)cc2)oc2ccccc12. The Morgan fingerprint density at radius 3 is 1.42 bits per heavy atom. The number of hydrogen-bond donors (Lipinski definition) is 1. The Morgan fingerprint density at radius 2 is 0.984 bits per heavy atom. The first-order valence-electron chi connectivity index (χ1n) is 20.6. The molecule has 0 aliphatic rings. The molecule has 8 aromatic rings. The lowest BCUT2D eigenvalue weighted by Crippen LogP contribution is -2.13. The number of halogens is 1. The molecule has 12 heteroatoms. The van der Waals surface area contributed by atoms with Gasteiger partial charge in [-0.2, -0.15) is 0 Å². The number of ether oxygens (including phenoxy) is 4. The molecular formula is C52H54FN3O8. The van der Waals surface area contributed by atoms with Gasteiger partial charge in [-0.3, -0.25) is 23.9 Å². The number of pyridine rings is 2. The van der Waals surface area contributed by atoms with Crippen LogP contribution in [-0.4, -0.2) is 63.3 Å². The lowest BCUT2D eigenvalue weighted by Gasteiger charge is -2.16. The summed E-state index contributed by atoms with van der Waals surface area (Å²) in [5.41, 5.74) is 10.1. The Hall–Kier alpha value is -6.99. The first-order valence-corrected chi connectivity index (χ1v) is 20.6. The Bertz CT molecular complexity index is 2660. The molecule has 0 saturated carbocycles.